The molecule has 82 valence electrons. The molecule has 0 aromatic heterocycles. The van der Waals surface area contributed by atoms with Gasteiger partial charge in [-0.3, -0.25) is 0 Å². The number of rotatable bonds is 3. The van der Waals surface area contributed by atoms with E-state index in [1.54, 1.807) is 0 Å². The van der Waals surface area contributed by atoms with E-state index in [4.69, 9.17) is 6.42 Å². The van der Waals surface area contributed by atoms with Gasteiger partial charge in [-0.2, -0.15) is 0 Å². The third-order valence-electron chi connectivity index (χ3n) is 1.96. The number of nitrogens with zero attached hydrogens (tertiary/aromatic N) is 1. The van der Waals surface area contributed by atoms with E-state index in [9.17, 15) is 0 Å². The first kappa shape index (κ1) is 14.1. The van der Waals surface area contributed by atoms with Crippen LogP contribution in [0.25, 0.3) is 0 Å². The van der Waals surface area contributed by atoms with Crippen molar-refractivity contribution < 1.29 is 0 Å². The molecule has 0 amide bonds. The average Bonchev–Trinajstić information content (AvgIpc) is 2.32. The Bertz CT molecular complexity index is 272. The number of hydrogen-bond donors (Lipinski definition) is 0. The fourth-order valence-electron chi connectivity index (χ4n) is 1.23. The molecule has 0 spiro atoms. The Morgan fingerprint density at radius 3 is 2.00 bits per heavy atom. The van der Waals surface area contributed by atoms with Crippen LogP contribution in [-0.4, -0.2) is 18.4 Å². The third kappa shape index (κ3) is 6.19. The minimum Gasteiger partial charge on any atom is -0.372 e. The van der Waals surface area contributed by atoms with E-state index in [1.807, 2.05) is 6.07 Å². The molecule has 0 aliphatic rings. The van der Waals surface area contributed by atoms with E-state index < -0.39 is 0 Å². The molecule has 1 nitrogen and oxygen atoms in total. The van der Waals surface area contributed by atoms with Crippen molar-refractivity contribution in [3.8, 4) is 12.3 Å². The lowest BCUT2D eigenvalue weighted by molar-refractivity contribution is 0.866. The van der Waals surface area contributed by atoms with Crippen LogP contribution in [0.3, 0.4) is 0 Å². The van der Waals surface area contributed by atoms with E-state index >= 15 is 0 Å². The number of terminal acetylenes is 1. The van der Waals surface area contributed by atoms with Gasteiger partial charge in [-0.05, 0) is 26.0 Å². The molecule has 0 heterocycles. The smallest absolute Gasteiger partial charge is 0.0642 e. The molecule has 0 fully saturated rings. The summed E-state index contributed by atoms with van der Waals surface area (Å²) in [5.41, 5.74) is 1.32. The van der Waals surface area contributed by atoms with Crippen LogP contribution in [0.4, 0.5) is 5.69 Å². The Kier molecular flexibility index (Phi) is 9.01. The van der Waals surface area contributed by atoms with Gasteiger partial charge in [0.1, 0.15) is 0 Å². The highest BCUT2D eigenvalue weighted by Gasteiger charge is 1.97. The van der Waals surface area contributed by atoms with Gasteiger partial charge in [0.05, 0.1) is 5.33 Å². The summed E-state index contributed by atoms with van der Waals surface area (Å²) in [6, 6.07) is 10.5. The lowest BCUT2D eigenvalue weighted by Crippen LogP contribution is -2.21. The van der Waals surface area contributed by atoms with Gasteiger partial charge in [0.2, 0.25) is 0 Å². The Morgan fingerprint density at radius 2 is 1.67 bits per heavy atom. The van der Waals surface area contributed by atoms with Gasteiger partial charge in [-0.25, -0.2) is 0 Å². The molecule has 0 saturated carbocycles. The molecule has 0 atom stereocenters. The van der Waals surface area contributed by atoms with E-state index in [0.717, 1.165) is 13.1 Å². The molecular formula is C13H18BrN. The quantitative estimate of drug-likeness (QED) is 0.598. The molecule has 1 rings (SSSR count). The van der Waals surface area contributed by atoms with E-state index in [1.165, 1.54) is 5.69 Å². The van der Waals surface area contributed by atoms with E-state index in [-0.39, 0.29) is 0 Å². The molecule has 0 aliphatic heterocycles. The molecule has 0 saturated heterocycles. The van der Waals surface area contributed by atoms with E-state index in [0.29, 0.717) is 5.33 Å². The maximum Gasteiger partial charge on any atom is 0.0642 e. The van der Waals surface area contributed by atoms with Crippen molar-refractivity contribution in [3.63, 3.8) is 0 Å². The van der Waals surface area contributed by atoms with Gasteiger partial charge < -0.3 is 4.90 Å². The van der Waals surface area contributed by atoms with Crippen LogP contribution < -0.4 is 4.90 Å². The van der Waals surface area contributed by atoms with Crippen LogP contribution in [-0.2, 0) is 0 Å². The normalized spacial score (nSPS) is 8.40. The molecule has 2 heteroatoms. The van der Waals surface area contributed by atoms with Crippen LogP contribution in [0.5, 0.6) is 0 Å². The highest BCUT2D eigenvalue weighted by molar-refractivity contribution is 9.09. The Morgan fingerprint density at radius 1 is 1.20 bits per heavy atom. The van der Waals surface area contributed by atoms with E-state index in [2.05, 4.69) is 64.9 Å². The van der Waals surface area contributed by atoms with Gasteiger partial charge in [0.25, 0.3) is 0 Å². The fraction of sp³-hybridized carbons (Fsp3) is 0.385. The number of anilines is 1. The molecule has 0 unspecified atom stereocenters. The van der Waals surface area contributed by atoms with Crippen molar-refractivity contribution in [3.05, 3.63) is 30.3 Å². The molecule has 0 radical (unpaired) electrons. The molecule has 0 N–H and O–H groups in total. The number of para-hydroxylation sites is 1. The molecule has 0 bridgehead atoms. The first-order valence-corrected chi connectivity index (χ1v) is 6.21. The summed E-state index contributed by atoms with van der Waals surface area (Å²) in [5, 5.41) is 0.660. The lowest BCUT2D eigenvalue weighted by atomic mass is 10.3. The summed E-state index contributed by atoms with van der Waals surface area (Å²) >= 11 is 3.01. The second-order valence-corrected chi connectivity index (χ2v) is 3.41. The Labute approximate surface area is 102 Å². The topological polar surface area (TPSA) is 3.24 Å². The maximum absolute atomic E-state index is 4.73. The summed E-state index contributed by atoms with van der Waals surface area (Å²) in [6.45, 7) is 6.52. The summed E-state index contributed by atoms with van der Waals surface area (Å²) in [7, 11) is 0. The van der Waals surface area contributed by atoms with Crippen molar-refractivity contribution in [2.75, 3.05) is 23.3 Å². The first-order chi connectivity index (χ1) is 7.29. The van der Waals surface area contributed by atoms with Crippen molar-refractivity contribution in [2.24, 2.45) is 0 Å². The standard InChI is InChI=1S/C10H15N.C3H3Br/c1-3-11(4-2)10-8-6-5-7-9-10;1-2-3-4/h5-9H,3-4H2,1-2H3;1H,3H2. The van der Waals surface area contributed by atoms with Crippen molar-refractivity contribution in [2.45, 2.75) is 13.8 Å². The molecule has 1 aromatic rings. The number of benzene rings is 1. The largest absolute Gasteiger partial charge is 0.372 e. The van der Waals surface area contributed by atoms with Crippen molar-refractivity contribution >= 4 is 21.6 Å². The summed E-state index contributed by atoms with van der Waals surface area (Å²) in [4.78, 5) is 2.33. The summed E-state index contributed by atoms with van der Waals surface area (Å²) in [5.74, 6) is 2.35. The molecule has 0 aliphatic carbocycles. The SMILES string of the molecule is C#CCBr.CCN(CC)c1ccccc1. The fourth-order valence-corrected chi connectivity index (χ4v) is 1.23. The Hall–Kier alpha value is -0.940. The van der Waals surface area contributed by atoms with Crippen LogP contribution >= 0.6 is 15.9 Å². The molecule has 1 aromatic carbocycles. The Balaban J connectivity index is 0.000000423. The zero-order valence-electron chi connectivity index (χ0n) is 9.41. The third-order valence-corrected chi connectivity index (χ3v) is 2.29. The number of alkyl halides is 1. The second kappa shape index (κ2) is 9.61. The predicted molar refractivity (Wildman–Crippen MR) is 72.6 cm³/mol. The van der Waals surface area contributed by atoms with Crippen LogP contribution in [0.2, 0.25) is 0 Å². The van der Waals surface area contributed by atoms with Gasteiger partial charge >= 0.3 is 0 Å². The van der Waals surface area contributed by atoms with Gasteiger partial charge in [0.15, 0.2) is 0 Å². The minimum absolute atomic E-state index is 0.660. The van der Waals surface area contributed by atoms with Crippen LogP contribution in [0, 0.1) is 12.3 Å². The average molecular weight is 268 g/mol. The molecular weight excluding hydrogens is 250 g/mol. The first-order valence-electron chi connectivity index (χ1n) is 5.09. The predicted octanol–water partition coefficient (Wildman–Crippen LogP) is 3.55. The van der Waals surface area contributed by atoms with Gasteiger partial charge in [-0.1, -0.05) is 40.0 Å². The number of halogens is 1. The monoisotopic (exact) mass is 267 g/mol. The highest BCUT2D eigenvalue weighted by Crippen LogP contribution is 2.11. The van der Waals surface area contributed by atoms with Crippen LogP contribution in [0.15, 0.2) is 30.3 Å². The summed E-state index contributed by atoms with van der Waals surface area (Å²) < 4.78 is 0. The highest BCUT2D eigenvalue weighted by atomic mass is 79.9. The summed E-state index contributed by atoms with van der Waals surface area (Å²) in [6.07, 6.45) is 4.73. The van der Waals surface area contributed by atoms with Crippen LogP contribution in [0.1, 0.15) is 13.8 Å². The molecule has 15 heavy (non-hydrogen) atoms. The van der Waals surface area contributed by atoms with Gasteiger partial charge in [0, 0.05) is 18.8 Å². The number of hydrogen-bond acceptors (Lipinski definition) is 1. The zero-order chi connectivity index (χ0) is 11.5. The maximum atomic E-state index is 4.73. The van der Waals surface area contributed by atoms with Gasteiger partial charge in [-0.15, -0.1) is 6.42 Å². The zero-order valence-corrected chi connectivity index (χ0v) is 11.0. The second-order valence-electron chi connectivity index (χ2n) is 2.85. The lowest BCUT2D eigenvalue weighted by Gasteiger charge is -2.20. The minimum atomic E-state index is 0.660. The van der Waals surface area contributed by atoms with Crippen molar-refractivity contribution in [1.29, 1.82) is 0 Å². The van der Waals surface area contributed by atoms with Crippen molar-refractivity contribution in [1.82, 2.24) is 0 Å².